The van der Waals surface area contributed by atoms with Crippen molar-refractivity contribution in [2.75, 3.05) is 0 Å². The summed E-state index contributed by atoms with van der Waals surface area (Å²) in [5.41, 5.74) is -0.0313. The fraction of sp³-hybridized carbons (Fsp3) is 0.905. The molecule has 0 amide bonds. The van der Waals surface area contributed by atoms with Gasteiger partial charge in [-0.3, -0.25) is 9.59 Å². The second-order valence-electron chi connectivity index (χ2n) is 9.99. The Hall–Kier alpha value is -0.700. The summed E-state index contributed by atoms with van der Waals surface area (Å²) in [5.74, 6) is 3.50. The first kappa shape index (κ1) is 15.5. The van der Waals surface area contributed by atoms with Crippen LogP contribution in [0.3, 0.4) is 0 Å². The van der Waals surface area contributed by atoms with E-state index in [1.807, 2.05) is 0 Å². The summed E-state index contributed by atoms with van der Waals surface area (Å²) in [5, 5.41) is 0. The lowest BCUT2D eigenvalue weighted by molar-refractivity contribution is -0.151. The van der Waals surface area contributed by atoms with Crippen LogP contribution in [-0.2, 0) is 14.3 Å². The van der Waals surface area contributed by atoms with E-state index in [4.69, 9.17) is 4.74 Å². The monoisotopic (exact) mass is 330 g/mol. The smallest absolute Gasteiger partial charge is 0.164 e. The van der Waals surface area contributed by atoms with E-state index in [9.17, 15) is 9.59 Å². The van der Waals surface area contributed by atoms with Crippen molar-refractivity contribution in [3.8, 4) is 0 Å². The van der Waals surface area contributed by atoms with Gasteiger partial charge in [-0.15, -0.1) is 0 Å². The van der Waals surface area contributed by atoms with Gasteiger partial charge in [0.15, 0.2) is 11.4 Å². The summed E-state index contributed by atoms with van der Waals surface area (Å²) in [6.07, 6.45) is 8.84. The minimum Gasteiger partial charge on any atom is -0.357 e. The van der Waals surface area contributed by atoms with Crippen molar-refractivity contribution in [1.29, 1.82) is 0 Å². The lowest BCUT2D eigenvalue weighted by Crippen LogP contribution is -2.56. The van der Waals surface area contributed by atoms with E-state index >= 15 is 0 Å². The molecule has 24 heavy (non-hydrogen) atoms. The van der Waals surface area contributed by atoms with Crippen LogP contribution in [0.15, 0.2) is 0 Å². The van der Waals surface area contributed by atoms with Gasteiger partial charge in [0.1, 0.15) is 5.78 Å². The maximum atomic E-state index is 12.4. The lowest BCUT2D eigenvalue weighted by atomic mass is 9.44. The molecule has 5 rings (SSSR count). The molecule has 1 aliphatic heterocycles. The van der Waals surface area contributed by atoms with E-state index in [1.54, 1.807) is 6.92 Å². The fourth-order valence-electron chi connectivity index (χ4n) is 8.11. The molecule has 0 radical (unpaired) electrons. The van der Waals surface area contributed by atoms with Gasteiger partial charge < -0.3 is 4.74 Å². The molecule has 0 aromatic heterocycles. The molecule has 5 aliphatic rings. The molecule has 8 atom stereocenters. The number of hydrogen-bond acceptors (Lipinski definition) is 3. The van der Waals surface area contributed by atoms with E-state index in [2.05, 4.69) is 13.8 Å². The molecule has 8 unspecified atom stereocenters. The average Bonchev–Trinajstić information content (AvgIpc) is 3.21. The summed E-state index contributed by atoms with van der Waals surface area (Å²) in [4.78, 5) is 24.4. The van der Waals surface area contributed by atoms with E-state index in [0.717, 1.165) is 43.9 Å². The summed E-state index contributed by atoms with van der Waals surface area (Å²) in [7, 11) is 0. The third-order valence-corrected chi connectivity index (χ3v) is 9.44. The van der Waals surface area contributed by atoms with Gasteiger partial charge in [-0.25, -0.2) is 0 Å². The van der Waals surface area contributed by atoms with Crippen molar-refractivity contribution in [2.45, 2.75) is 83.8 Å². The van der Waals surface area contributed by atoms with E-state index in [0.29, 0.717) is 23.0 Å². The van der Waals surface area contributed by atoms with Crippen molar-refractivity contribution in [2.24, 2.45) is 34.5 Å². The van der Waals surface area contributed by atoms with Gasteiger partial charge >= 0.3 is 0 Å². The molecule has 5 fully saturated rings. The van der Waals surface area contributed by atoms with E-state index in [1.165, 1.54) is 19.3 Å². The minimum absolute atomic E-state index is 0.0539. The first-order valence-corrected chi connectivity index (χ1v) is 10.0. The number of ether oxygens (including phenoxy) is 1. The van der Waals surface area contributed by atoms with Gasteiger partial charge in [0, 0.05) is 18.3 Å². The highest BCUT2D eigenvalue weighted by Crippen LogP contribution is 2.73. The lowest BCUT2D eigenvalue weighted by Gasteiger charge is -2.60. The summed E-state index contributed by atoms with van der Waals surface area (Å²) in [6.45, 7) is 6.57. The average molecular weight is 330 g/mol. The van der Waals surface area contributed by atoms with Gasteiger partial charge in [-0.2, -0.15) is 0 Å². The molecule has 0 bridgehead atoms. The van der Waals surface area contributed by atoms with Crippen LogP contribution in [0.2, 0.25) is 0 Å². The number of ketones is 2. The van der Waals surface area contributed by atoms with Gasteiger partial charge in [0.25, 0.3) is 0 Å². The van der Waals surface area contributed by atoms with Crippen LogP contribution in [0.5, 0.6) is 0 Å². The highest BCUT2D eigenvalue weighted by molar-refractivity contribution is 5.90. The first-order chi connectivity index (χ1) is 11.3. The fourth-order valence-corrected chi connectivity index (χ4v) is 8.11. The molecular formula is C21H30O3. The third kappa shape index (κ3) is 1.59. The van der Waals surface area contributed by atoms with Crippen molar-refractivity contribution in [3.63, 3.8) is 0 Å². The molecule has 1 heterocycles. The second-order valence-corrected chi connectivity index (χ2v) is 9.99. The molecule has 132 valence electrons. The molecule has 3 nitrogen and oxygen atoms in total. The second kappa shape index (κ2) is 4.52. The summed E-state index contributed by atoms with van der Waals surface area (Å²) >= 11 is 0. The Morgan fingerprint density at radius 3 is 2.67 bits per heavy atom. The normalized spacial score (nSPS) is 58.3. The molecule has 3 heteroatoms. The Labute approximate surface area is 144 Å². The Bertz CT molecular complexity index is 627. The molecule has 4 saturated carbocycles. The summed E-state index contributed by atoms with van der Waals surface area (Å²) in [6, 6.07) is 0. The van der Waals surface area contributed by atoms with Crippen LogP contribution >= 0.6 is 0 Å². The van der Waals surface area contributed by atoms with E-state index in [-0.39, 0.29) is 17.3 Å². The van der Waals surface area contributed by atoms with Gasteiger partial charge in [-0.1, -0.05) is 13.8 Å². The van der Waals surface area contributed by atoms with Crippen LogP contribution in [0.1, 0.15) is 72.1 Å². The van der Waals surface area contributed by atoms with Crippen LogP contribution in [-0.4, -0.2) is 23.3 Å². The number of fused-ring (bicyclic) bond motifs is 7. The number of Topliss-reactive ketones (excluding diaryl/α,β-unsaturated/α-hetero) is 2. The number of carbonyl (C=O) groups excluding carboxylic acids is 2. The van der Waals surface area contributed by atoms with Crippen LogP contribution in [0, 0.1) is 34.5 Å². The van der Waals surface area contributed by atoms with Crippen molar-refractivity contribution in [3.05, 3.63) is 0 Å². The largest absolute Gasteiger partial charge is 0.357 e. The first-order valence-electron chi connectivity index (χ1n) is 10.0. The molecule has 0 aromatic carbocycles. The predicted octanol–water partition coefficient (Wildman–Crippen LogP) is 3.93. The van der Waals surface area contributed by atoms with Gasteiger partial charge in [0.05, 0.1) is 6.10 Å². The standard InChI is InChI=1S/C21H30O3/c1-12(22)21-18(24-21)11-17-15-5-4-13-10-14(23)6-8-19(13,2)16(15)7-9-20(17,21)3/h13,15-18H,4-11H2,1-3H3. The minimum atomic E-state index is -0.442. The highest BCUT2D eigenvalue weighted by atomic mass is 16.6. The summed E-state index contributed by atoms with van der Waals surface area (Å²) < 4.78 is 6.01. The molecule has 4 aliphatic carbocycles. The predicted molar refractivity (Wildman–Crippen MR) is 90.4 cm³/mol. The number of rotatable bonds is 1. The molecular weight excluding hydrogens is 300 g/mol. The van der Waals surface area contributed by atoms with Crippen molar-refractivity contribution in [1.82, 2.24) is 0 Å². The third-order valence-electron chi connectivity index (χ3n) is 9.44. The SMILES string of the molecule is CC(=O)C12OC1CC1C3CCC4CC(=O)CCC4(C)C3CCC12C. The Balaban J connectivity index is 1.48. The molecule has 0 aromatic rings. The maximum absolute atomic E-state index is 12.4. The topological polar surface area (TPSA) is 46.7 Å². The van der Waals surface area contributed by atoms with Crippen molar-refractivity contribution >= 4 is 11.6 Å². The van der Waals surface area contributed by atoms with Crippen LogP contribution in [0.4, 0.5) is 0 Å². The molecule has 0 N–H and O–H groups in total. The molecule has 0 spiro atoms. The van der Waals surface area contributed by atoms with Crippen LogP contribution < -0.4 is 0 Å². The zero-order valence-electron chi connectivity index (χ0n) is 15.3. The number of epoxide rings is 1. The Morgan fingerprint density at radius 2 is 1.92 bits per heavy atom. The number of hydrogen-bond donors (Lipinski definition) is 0. The van der Waals surface area contributed by atoms with E-state index < -0.39 is 5.60 Å². The highest BCUT2D eigenvalue weighted by Gasteiger charge is 2.79. The Morgan fingerprint density at radius 1 is 1.12 bits per heavy atom. The zero-order valence-corrected chi connectivity index (χ0v) is 15.3. The van der Waals surface area contributed by atoms with Crippen LogP contribution in [0.25, 0.3) is 0 Å². The maximum Gasteiger partial charge on any atom is 0.164 e. The number of carbonyl (C=O) groups is 2. The van der Waals surface area contributed by atoms with Crippen molar-refractivity contribution < 1.29 is 14.3 Å². The van der Waals surface area contributed by atoms with Gasteiger partial charge in [-0.05, 0) is 74.5 Å². The zero-order chi connectivity index (χ0) is 16.9. The Kier molecular flexibility index (Phi) is 2.93. The quantitative estimate of drug-likeness (QED) is 0.684. The van der Waals surface area contributed by atoms with Gasteiger partial charge in [0.2, 0.25) is 0 Å². The molecule has 1 saturated heterocycles.